The number of aryl methyl sites for hydroxylation is 2. The van der Waals surface area contributed by atoms with Crippen molar-refractivity contribution in [1.82, 2.24) is 4.72 Å². The number of hydrogen-bond donors (Lipinski definition) is 3. The van der Waals surface area contributed by atoms with Gasteiger partial charge in [-0.2, -0.15) is 0 Å². The Morgan fingerprint density at radius 1 is 1.32 bits per heavy atom. The van der Waals surface area contributed by atoms with Crippen LogP contribution in [0.4, 0.5) is 5.69 Å². The Balaban J connectivity index is 2.40. The molecule has 4 N–H and O–H groups in total. The summed E-state index contributed by atoms with van der Waals surface area (Å²) in [6.07, 6.45) is 2.29. The van der Waals surface area contributed by atoms with Crippen LogP contribution >= 0.6 is 0 Å². The number of rotatable bonds is 4. The van der Waals surface area contributed by atoms with Gasteiger partial charge in [0.15, 0.2) is 0 Å². The fourth-order valence-corrected chi connectivity index (χ4v) is 4.55. The normalized spacial score (nSPS) is 18.1. The second-order valence-electron chi connectivity index (χ2n) is 5.38. The molecule has 0 radical (unpaired) electrons. The first-order valence-corrected chi connectivity index (χ1v) is 7.80. The number of nitrogens with one attached hydrogen (secondary N) is 1. The van der Waals surface area contributed by atoms with Gasteiger partial charge in [0.05, 0.1) is 17.0 Å². The minimum Gasteiger partial charge on any atom is -0.399 e. The molecule has 0 heterocycles. The number of benzene rings is 1. The van der Waals surface area contributed by atoms with Gasteiger partial charge in [-0.1, -0.05) is 0 Å². The molecule has 0 aliphatic heterocycles. The molecular weight excluding hydrogens is 264 g/mol. The van der Waals surface area contributed by atoms with Gasteiger partial charge in [-0.05, 0) is 56.4 Å². The van der Waals surface area contributed by atoms with Crippen LogP contribution in [0.15, 0.2) is 17.0 Å². The van der Waals surface area contributed by atoms with Crippen molar-refractivity contribution in [2.45, 2.75) is 43.5 Å². The third kappa shape index (κ3) is 2.61. The summed E-state index contributed by atoms with van der Waals surface area (Å²) in [4.78, 5) is 0.265. The molecule has 0 atom stereocenters. The summed E-state index contributed by atoms with van der Waals surface area (Å²) >= 11 is 0. The summed E-state index contributed by atoms with van der Waals surface area (Å²) in [5.41, 5.74) is 6.82. The Bertz CT molecular complexity index is 563. The molecule has 2 rings (SSSR count). The highest BCUT2D eigenvalue weighted by Gasteiger charge is 2.40. The number of anilines is 1. The monoisotopic (exact) mass is 284 g/mol. The molecule has 0 amide bonds. The van der Waals surface area contributed by atoms with E-state index in [-0.39, 0.29) is 11.5 Å². The molecule has 1 aliphatic carbocycles. The summed E-state index contributed by atoms with van der Waals surface area (Å²) in [6, 6.07) is 3.29. The molecule has 1 aromatic rings. The number of aliphatic hydroxyl groups excluding tert-OH is 1. The number of nitrogen functional groups attached to an aromatic ring is 1. The van der Waals surface area contributed by atoms with Crippen molar-refractivity contribution in [2.24, 2.45) is 0 Å². The van der Waals surface area contributed by atoms with E-state index < -0.39 is 15.6 Å². The fraction of sp³-hybridized carbons (Fsp3) is 0.538. The van der Waals surface area contributed by atoms with E-state index in [2.05, 4.69) is 4.72 Å². The molecule has 1 aliphatic rings. The van der Waals surface area contributed by atoms with E-state index in [4.69, 9.17) is 5.73 Å². The van der Waals surface area contributed by atoms with Gasteiger partial charge in [0.25, 0.3) is 0 Å². The molecule has 5 nitrogen and oxygen atoms in total. The summed E-state index contributed by atoms with van der Waals surface area (Å²) in [5, 5.41) is 9.38. The summed E-state index contributed by atoms with van der Waals surface area (Å²) in [6.45, 7) is 3.29. The molecule has 1 aromatic carbocycles. The van der Waals surface area contributed by atoms with E-state index in [1.165, 1.54) is 0 Å². The van der Waals surface area contributed by atoms with Crippen LogP contribution in [0.1, 0.15) is 30.4 Å². The Hall–Kier alpha value is -1.11. The van der Waals surface area contributed by atoms with Gasteiger partial charge in [-0.25, -0.2) is 13.1 Å². The minimum atomic E-state index is -3.63. The van der Waals surface area contributed by atoms with Gasteiger partial charge in [-0.3, -0.25) is 0 Å². The molecule has 0 bridgehead atoms. The number of aliphatic hydroxyl groups is 1. The first kappa shape index (κ1) is 14.3. The molecule has 0 saturated heterocycles. The van der Waals surface area contributed by atoms with Crippen LogP contribution < -0.4 is 10.5 Å². The zero-order valence-electron chi connectivity index (χ0n) is 11.2. The van der Waals surface area contributed by atoms with E-state index in [1.54, 1.807) is 26.0 Å². The van der Waals surface area contributed by atoms with E-state index in [1.807, 2.05) is 0 Å². The fourth-order valence-electron chi connectivity index (χ4n) is 2.64. The van der Waals surface area contributed by atoms with Crippen molar-refractivity contribution in [3.63, 3.8) is 0 Å². The number of nitrogens with two attached hydrogens (primary N) is 1. The van der Waals surface area contributed by atoms with Gasteiger partial charge in [0.1, 0.15) is 0 Å². The third-order valence-corrected chi connectivity index (χ3v) is 5.60. The van der Waals surface area contributed by atoms with Crippen molar-refractivity contribution in [1.29, 1.82) is 0 Å². The minimum absolute atomic E-state index is 0.167. The van der Waals surface area contributed by atoms with Gasteiger partial charge in [0, 0.05) is 5.69 Å². The summed E-state index contributed by atoms with van der Waals surface area (Å²) in [5.74, 6) is 0. The Morgan fingerprint density at radius 3 is 2.21 bits per heavy atom. The molecule has 6 heteroatoms. The lowest BCUT2D eigenvalue weighted by Crippen LogP contribution is -2.56. The Kier molecular flexibility index (Phi) is 3.59. The summed E-state index contributed by atoms with van der Waals surface area (Å²) in [7, 11) is -3.63. The molecule has 106 valence electrons. The lowest BCUT2D eigenvalue weighted by atomic mass is 9.78. The highest BCUT2D eigenvalue weighted by Crippen LogP contribution is 2.34. The topological polar surface area (TPSA) is 92.4 Å². The van der Waals surface area contributed by atoms with Gasteiger partial charge >= 0.3 is 0 Å². The molecule has 1 saturated carbocycles. The SMILES string of the molecule is Cc1cc(N)cc(C)c1S(=O)(=O)NC1(CO)CCC1. The highest BCUT2D eigenvalue weighted by molar-refractivity contribution is 7.89. The van der Waals surface area contributed by atoms with Crippen LogP contribution in [0.5, 0.6) is 0 Å². The van der Waals surface area contributed by atoms with Crippen molar-refractivity contribution >= 4 is 15.7 Å². The van der Waals surface area contributed by atoms with Crippen molar-refractivity contribution in [3.05, 3.63) is 23.3 Å². The summed E-state index contributed by atoms with van der Waals surface area (Å²) < 4.78 is 27.6. The molecule has 19 heavy (non-hydrogen) atoms. The molecule has 0 aromatic heterocycles. The average Bonchev–Trinajstić information content (AvgIpc) is 2.21. The first-order chi connectivity index (χ1) is 8.80. The van der Waals surface area contributed by atoms with Crippen molar-refractivity contribution in [2.75, 3.05) is 12.3 Å². The van der Waals surface area contributed by atoms with Gasteiger partial charge in [0.2, 0.25) is 10.0 Å². The number of hydrogen-bond acceptors (Lipinski definition) is 4. The van der Waals surface area contributed by atoms with Crippen LogP contribution in [0.2, 0.25) is 0 Å². The van der Waals surface area contributed by atoms with Gasteiger partial charge < -0.3 is 10.8 Å². The zero-order chi connectivity index (χ0) is 14.3. The van der Waals surface area contributed by atoms with Crippen LogP contribution in [0.3, 0.4) is 0 Å². The molecule has 0 spiro atoms. The lowest BCUT2D eigenvalue weighted by molar-refractivity contribution is 0.110. The van der Waals surface area contributed by atoms with Gasteiger partial charge in [-0.15, -0.1) is 0 Å². The maximum Gasteiger partial charge on any atom is 0.241 e. The number of sulfonamides is 1. The first-order valence-electron chi connectivity index (χ1n) is 6.31. The highest BCUT2D eigenvalue weighted by atomic mass is 32.2. The lowest BCUT2D eigenvalue weighted by Gasteiger charge is -2.40. The van der Waals surface area contributed by atoms with Crippen LogP contribution in [-0.4, -0.2) is 25.7 Å². The van der Waals surface area contributed by atoms with Crippen LogP contribution in [0.25, 0.3) is 0 Å². The quantitative estimate of drug-likeness (QED) is 0.721. The largest absolute Gasteiger partial charge is 0.399 e. The average molecular weight is 284 g/mol. The zero-order valence-corrected chi connectivity index (χ0v) is 12.0. The predicted molar refractivity (Wildman–Crippen MR) is 74.3 cm³/mol. The standard InChI is InChI=1S/C13H20N2O3S/c1-9-6-11(14)7-10(2)12(9)19(17,18)15-13(8-16)4-3-5-13/h6-7,15-16H,3-5,8,14H2,1-2H3. The third-order valence-electron chi connectivity index (χ3n) is 3.72. The van der Waals surface area contributed by atoms with E-state index in [0.29, 0.717) is 29.7 Å². The van der Waals surface area contributed by atoms with Crippen molar-refractivity contribution in [3.8, 4) is 0 Å². The van der Waals surface area contributed by atoms with E-state index in [0.717, 1.165) is 6.42 Å². The molecule has 0 unspecified atom stereocenters. The van der Waals surface area contributed by atoms with E-state index in [9.17, 15) is 13.5 Å². The maximum absolute atomic E-state index is 12.5. The maximum atomic E-state index is 12.5. The second-order valence-corrected chi connectivity index (χ2v) is 7.00. The van der Waals surface area contributed by atoms with E-state index >= 15 is 0 Å². The Labute approximate surface area is 113 Å². The van der Waals surface area contributed by atoms with Crippen LogP contribution in [0, 0.1) is 13.8 Å². The predicted octanol–water partition coefficient (Wildman–Crippen LogP) is 1.08. The molecular formula is C13H20N2O3S. The van der Waals surface area contributed by atoms with Crippen molar-refractivity contribution < 1.29 is 13.5 Å². The second kappa shape index (κ2) is 4.77. The smallest absolute Gasteiger partial charge is 0.241 e. The molecule has 1 fully saturated rings. The Morgan fingerprint density at radius 2 is 1.84 bits per heavy atom. The van der Waals surface area contributed by atoms with Crippen LogP contribution in [-0.2, 0) is 10.0 Å².